The van der Waals surface area contributed by atoms with E-state index < -0.39 is 11.7 Å². The van der Waals surface area contributed by atoms with Crippen LogP contribution >= 0.6 is 0 Å². The third-order valence-electron chi connectivity index (χ3n) is 1.90. The highest BCUT2D eigenvalue weighted by atomic mass is 19.1. The smallest absolute Gasteiger partial charge is 0.283 e. The fourth-order valence-corrected chi connectivity index (χ4v) is 1.22. The predicted octanol–water partition coefficient (Wildman–Crippen LogP) is 1.97. The van der Waals surface area contributed by atoms with Crippen molar-refractivity contribution >= 4 is 11.6 Å². The van der Waals surface area contributed by atoms with Crippen molar-refractivity contribution < 1.29 is 9.18 Å². The number of carbonyl (C=O) groups is 1. The number of halogens is 1. The van der Waals surface area contributed by atoms with E-state index in [1.54, 1.807) is 17.9 Å². The maximum absolute atomic E-state index is 12.5. The van der Waals surface area contributed by atoms with Crippen molar-refractivity contribution in [2.75, 3.05) is 5.32 Å². The molecule has 5 heteroatoms. The second-order valence-corrected chi connectivity index (χ2v) is 3.62. The van der Waals surface area contributed by atoms with E-state index >= 15 is 0 Å². The van der Waals surface area contributed by atoms with Crippen LogP contribution in [0.4, 0.5) is 10.1 Å². The molecule has 0 aliphatic heterocycles. The van der Waals surface area contributed by atoms with E-state index in [0.29, 0.717) is 5.69 Å². The lowest BCUT2D eigenvalue weighted by molar-refractivity contribution is -0.114. The highest BCUT2D eigenvalue weighted by Crippen LogP contribution is 2.22. The monoisotopic (exact) mass is 211 g/mol. The minimum atomic E-state index is -1.01. The minimum absolute atomic E-state index is 0.161. The van der Waals surface area contributed by atoms with E-state index in [1.807, 2.05) is 13.8 Å². The molecule has 0 unspecified atom stereocenters. The lowest BCUT2D eigenvalue weighted by atomic mass is 10.1. The summed E-state index contributed by atoms with van der Waals surface area (Å²) in [6.07, 6.45) is 1.64. The topological polar surface area (TPSA) is 46.9 Å². The minimum Gasteiger partial charge on any atom is -0.317 e. The van der Waals surface area contributed by atoms with Crippen molar-refractivity contribution in [1.82, 2.24) is 9.78 Å². The number of anilines is 1. The van der Waals surface area contributed by atoms with Gasteiger partial charge >= 0.3 is 0 Å². The second-order valence-electron chi connectivity index (χ2n) is 3.62. The number of aryl methyl sites for hydroxylation is 1. The molecule has 0 atom stereocenters. The first-order chi connectivity index (χ1) is 6.91. The summed E-state index contributed by atoms with van der Waals surface area (Å²) in [6.45, 7) is 6.82. The van der Waals surface area contributed by atoms with Crippen LogP contribution in [0, 0.1) is 0 Å². The maximum Gasteiger partial charge on any atom is 0.283 e. The molecule has 1 heterocycles. The lowest BCUT2D eigenvalue weighted by Gasteiger charge is -2.05. The zero-order chi connectivity index (χ0) is 11.6. The number of amides is 1. The Morgan fingerprint density at radius 2 is 2.27 bits per heavy atom. The molecule has 0 fully saturated rings. The normalized spacial score (nSPS) is 10.5. The highest BCUT2D eigenvalue weighted by Gasteiger charge is 2.14. The fraction of sp³-hybridized carbons (Fsp3) is 0.400. The molecule has 0 saturated carbocycles. The third kappa shape index (κ3) is 2.65. The first-order valence-electron chi connectivity index (χ1n) is 4.61. The second kappa shape index (κ2) is 4.25. The van der Waals surface area contributed by atoms with Crippen molar-refractivity contribution in [2.24, 2.45) is 7.05 Å². The molecule has 4 nitrogen and oxygen atoms in total. The van der Waals surface area contributed by atoms with Gasteiger partial charge in [0.25, 0.3) is 5.91 Å². The maximum atomic E-state index is 12.5. The Kier molecular flexibility index (Phi) is 3.24. The van der Waals surface area contributed by atoms with Gasteiger partial charge in [-0.15, -0.1) is 0 Å². The summed E-state index contributed by atoms with van der Waals surface area (Å²) < 4.78 is 14.1. The van der Waals surface area contributed by atoms with Gasteiger partial charge in [0.1, 0.15) is 0 Å². The van der Waals surface area contributed by atoms with Gasteiger partial charge in [0, 0.05) is 13.2 Å². The Morgan fingerprint density at radius 3 is 2.73 bits per heavy atom. The zero-order valence-corrected chi connectivity index (χ0v) is 9.04. The highest BCUT2D eigenvalue weighted by molar-refractivity contribution is 6.01. The van der Waals surface area contributed by atoms with E-state index in [0.717, 1.165) is 5.69 Å². The summed E-state index contributed by atoms with van der Waals surface area (Å²) in [7, 11) is 1.74. The van der Waals surface area contributed by atoms with Crippen LogP contribution in [0.25, 0.3) is 0 Å². The summed E-state index contributed by atoms with van der Waals surface area (Å²) in [5.41, 5.74) is 1.25. The van der Waals surface area contributed by atoms with E-state index in [1.165, 1.54) is 0 Å². The Bertz CT molecular complexity index is 395. The van der Waals surface area contributed by atoms with Crippen molar-refractivity contribution in [3.8, 4) is 0 Å². The molecule has 0 spiro atoms. The summed E-state index contributed by atoms with van der Waals surface area (Å²) in [6, 6.07) is 0. The summed E-state index contributed by atoms with van der Waals surface area (Å²) >= 11 is 0. The van der Waals surface area contributed by atoms with Gasteiger partial charge in [-0.05, 0) is 5.92 Å². The summed E-state index contributed by atoms with van der Waals surface area (Å²) in [5, 5.41) is 6.59. The Hall–Kier alpha value is -1.65. The van der Waals surface area contributed by atoms with E-state index in [9.17, 15) is 9.18 Å². The molecule has 1 aromatic rings. The molecule has 1 aromatic heterocycles. The largest absolute Gasteiger partial charge is 0.317 e. The first kappa shape index (κ1) is 11.4. The van der Waals surface area contributed by atoms with E-state index in [-0.39, 0.29) is 5.92 Å². The third-order valence-corrected chi connectivity index (χ3v) is 1.90. The predicted molar refractivity (Wildman–Crippen MR) is 56.2 cm³/mol. The molecule has 1 rings (SSSR count). The van der Waals surface area contributed by atoms with Gasteiger partial charge in [0.2, 0.25) is 0 Å². The fourth-order valence-electron chi connectivity index (χ4n) is 1.22. The SMILES string of the molecule is C=C(F)C(=O)Nc1cn(C)nc1C(C)C. The van der Waals surface area contributed by atoms with Gasteiger partial charge in [0.05, 0.1) is 11.4 Å². The standard InChI is InChI=1S/C10H14FN3O/c1-6(2)9-8(5-14(4)13-9)12-10(15)7(3)11/h5-6H,3H2,1-2,4H3,(H,12,15). The van der Waals surface area contributed by atoms with Crippen LogP contribution in [-0.4, -0.2) is 15.7 Å². The number of nitrogens with one attached hydrogen (secondary N) is 1. The molecular weight excluding hydrogens is 197 g/mol. The molecule has 1 N–H and O–H groups in total. The number of hydrogen-bond donors (Lipinski definition) is 1. The molecule has 82 valence electrons. The van der Waals surface area contributed by atoms with Gasteiger partial charge in [-0.1, -0.05) is 20.4 Å². The summed E-state index contributed by atoms with van der Waals surface area (Å²) in [4.78, 5) is 11.1. The van der Waals surface area contributed by atoms with Crippen molar-refractivity contribution in [2.45, 2.75) is 19.8 Å². The number of hydrogen-bond acceptors (Lipinski definition) is 2. The molecular formula is C10H14FN3O. The van der Waals surface area contributed by atoms with Crippen molar-refractivity contribution in [3.63, 3.8) is 0 Å². The van der Waals surface area contributed by atoms with Crippen LogP contribution in [0.5, 0.6) is 0 Å². The molecule has 0 radical (unpaired) electrons. The molecule has 0 saturated heterocycles. The van der Waals surface area contributed by atoms with Gasteiger partial charge < -0.3 is 5.32 Å². The molecule has 0 aliphatic rings. The molecule has 0 bridgehead atoms. The molecule has 15 heavy (non-hydrogen) atoms. The Labute approximate surface area is 87.8 Å². The van der Waals surface area contributed by atoms with Crippen molar-refractivity contribution in [3.05, 3.63) is 24.3 Å². The number of carbonyl (C=O) groups excluding carboxylic acids is 1. The summed E-state index contributed by atoms with van der Waals surface area (Å²) in [5.74, 6) is -1.67. The van der Waals surface area contributed by atoms with Gasteiger partial charge in [0.15, 0.2) is 5.83 Å². The average Bonchev–Trinajstić information content (AvgIpc) is 2.46. The van der Waals surface area contributed by atoms with Crippen LogP contribution < -0.4 is 5.32 Å². The Balaban J connectivity index is 2.94. The average molecular weight is 211 g/mol. The molecule has 0 aromatic carbocycles. The van der Waals surface area contributed by atoms with Crippen LogP contribution in [-0.2, 0) is 11.8 Å². The number of rotatable bonds is 3. The van der Waals surface area contributed by atoms with E-state index in [4.69, 9.17) is 0 Å². The van der Waals surface area contributed by atoms with E-state index in [2.05, 4.69) is 17.0 Å². The van der Waals surface area contributed by atoms with Gasteiger partial charge in [-0.2, -0.15) is 5.10 Å². The zero-order valence-electron chi connectivity index (χ0n) is 9.04. The van der Waals surface area contributed by atoms with Crippen LogP contribution in [0.1, 0.15) is 25.5 Å². The number of aromatic nitrogens is 2. The first-order valence-corrected chi connectivity index (χ1v) is 4.61. The molecule has 1 amide bonds. The van der Waals surface area contributed by atoms with Crippen LogP contribution in [0.15, 0.2) is 18.6 Å². The Morgan fingerprint density at radius 1 is 1.67 bits per heavy atom. The number of nitrogens with zero attached hydrogens (tertiary/aromatic N) is 2. The molecule has 0 aliphatic carbocycles. The van der Waals surface area contributed by atoms with Gasteiger partial charge in [-0.3, -0.25) is 9.48 Å². The van der Waals surface area contributed by atoms with Crippen LogP contribution in [0.2, 0.25) is 0 Å². The quantitative estimate of drug-likeness (QED) is 0.777. The lowest BCUT2D eigenvalue weighted by Crippen LogP contribution is -2.12. The van der Waals surface area contributed by atoms with Crippen molar-refractivity contribution in [1.29, 1.82) is 0 Å². The van der Waals surface area contributed by atoms with Crippen LogP contribution in [0.3, 0.4) is 0 Å². The van der Waals surface area contributed by atoms with Gasteiger partial charge in [-0.25, -0.2) is 4.39 Å².